The summed E-state index contributed by atoms with van der Waals surface area (Å²) in [6.45, 7) is 5.09. The lowest BCUT2D eigenvalue weighted by Crippen LogP contribution is -2.34. The van der Waals surface area contributed by atoms with Crippen molar-refractivity contribution in [3.8, 4) is 0 Å². The molecule has 20 heavy (non-hydrogen) atoms. The second kappa shape index (κ2) is 6.06. The van der Waals surface area contributed by atoms with Gasteiger partial charge in [0.15, 0.2) is 0 Å². The highest BCUT2D eigenvalue weighted by Gasteiger charge is 2.40. The number of alkyl halides is 2. The number of rotatable bonds is 4. The lowest BCUT2D eigenvalue weighted by molar-refractivity contribution is -0.162. The van der Waals surface area contributed by atoms with Crippen LogP contribution in [0.2, 0.25) is 0 Å². The van der Waals surface area contributed by atoms with Crippen LogP contribution < -0.4 is 0 Å². The van der Waals surface area contributed by atoms with E-state index in [4.69, 9.17) is 4.74 Å². The summed E-state index contributed by atoms with van der Waals surface area (Å²) >= 11 is 0. The minimum atomic E-state index is -2.70. The molecule has 116 valence electrons. The summed E-state index contributed by atoms with van der Waals surface area (Å²) in [5, 5.41) is 9.21. The standard InChI is InChI=1S/C14H22F2O4/c1-13(2,3)20-11(17)8-10(12(18)19)9-4-6-14(15,16)7-5-9/h9-10H,4-8H2,1-3H3,(H,18,19)/t10-/m0/s1. The zero-order valence-electron chi connectivity index (χ0n) is 12.1. The van der Waals surface area contributed by atoms with E-state index in [0.29, 0.717) is 0 Å². The van der Waals surface area contributed by atoms with Crippen LogP contribution in [0, 0.1) is 11.8 Å². The SMILES string of the molecule is CC(C)(C)OC(=O)C[C@H](C(=O)O)C1CCC(F)(F)CC1. The Balaban J connectivity index is 2.62. The summed E-state index contributed by atoms with van der Waals surface area (Å²) in [6, 6.07) is 0. The van der Waals surface area contributed by atoms with E-state index in [1.165, 1.54) is 0 Å². The minimum absolute atomic E-state index is 0.132. The van der Waals surface area contributed by atoms with Gasteiger partial charge in [0.1, 0.15) is 5.60 Å². The first-order chi connectivity index (χ1) is 9.00. The Kier molecular flexibility index (Phi) is 5.10. The highest BCUT2D eigenvalue weighted by atomic mass is 19.3. The first-order valence-electron chi connectivity index (χ1n) is 6.83. The molecule has 0 heterocycles. The second-order valence-corrected chi connectivity index (χ2v) is 6.43. The molecule has 4 nitrogen and oxygen atoms in total. The van der Waals surface area contributed by atoms with Gasteiger partial charge in [-0.15, -0.1) is 0 Å². The summed E-state index contributed by atoms with van der Waals surface area (Å²) in [5.74, 6) is -5.75. The molecule has 1 rings (SSSR count). The van der Waals surface area contributed by atoms with Crippen molar-refractivity contribution in [3.63, 3.8) is 0 Å². The highest BCUT2D eigenvalue weighted by Crippen LogP contribution is 2.40. The van der Waals surface area contributed by atoms with E-state index < -0.39 is 29.4 Å². The molecule has 1 aliphatic rings. The zero-order valence-corrected chi connectivity index (χ0v) is 12.1. The Morgan fingerprint density at radius 2 is 1.80 bits per heavy atom. The summed E-state index contributed by atoms with van der Waals surface area (Å²) in [7, 11) is 0. The van der Waals surface area contributed by atoms with E-state index in [1.54, 1.807) is 20.8 Å². The van der Waals surface area contributed by atoms with Crippen LogP contribution in [0.1, 0.15) is 52.9 Å². The van der Waals surface area contributed by atoms with Gasteiger partial charge < -0.3 is 9.84 Å². The molecule has 0 amide bonds. The number of aliphatic carboxylic acids is 1. The fraction of sp³-hybridized carbons (Fsp3) is 0.857. The second-order valence-electron chi connectivity index (χ2n) is 6.43. The van der Waals surface area contributed by atoms with Gasteiger partial charge in [0.25, 0.3) is 0 Å². The van der Waals surface area contributed by atoms with E-state index in [9.17, 15) is 23.5 Å². The van der Waals surface area contributed by atoms with E-state index >= 15 is 0 Å². The molecule has 0 aromatic rings. The Hall–Kier alpha value is -1.20. The average Bonchev–Trinajstić information content (AvgIpc) is 2.23. The molecule has 1 N–H and O–H groups in total. The van der Waals surface area contributed by atoms with Crippen molar-refractivity contribution in [2.75, 3.05) is 0 Å². The Morgan fingerprint density at radius 3 is 2.20 bits per heavy atom. The predicted octanol–water partition coefficient (Wildman–Crippen LogP) is 3.24. The maximum absolute atomic E-state index is 13.1. The van der Waals surface area contributed by atoms with Gasteiger partial charge in [0, 0.05) is 12.8 Å². The molecule has 0 radical (unpaired) electrons. The quantitative estimate of drug-likeness (QED) is 0.808. The maximum atomic E-state index is 13.1. The molecule has 0 saturated heterocycles. The van der Waals surface area contributed by atoms with Crippen LogP contribution in [0.5, 0.6) is 0 Å². The number of halogens is 2. The Labute approximate surface area is 117 Å². The molecule has 0 unspecified atom stereocenters. The topological polar surface area (TPSA) is 63.6 Å². The maximum Gasteiger partial charge on any atom is 0.307 e. The lowest BCUT2D eigenvalue weighted by atomic mass is 9.77. The highest BCUT2D eigenvalue weighted by molar-refractivity contribution is 5.79. The molecule has 0 bridgehead atoms. The van der Waals surface area contributed by atoms with E-state index in [1.807, 2.05) is 0 Å². The van der Waals surface area contributed by atoms with Crippen molar-refractivity contribution < 1.29 is 28.2 Å². The number of hydrogen-bond donors (Lipinski definition) is 1. The van der Waals surface area contributed by atoms with Crippen LogP contribution in [-0.4, -0.2) is 28.6 Å². The van der Waals surface area contributed by atoms with Crippen molar-refractivity contribution in [3.05, 3.63) is 0 Å². The number of carboxylic acids is 1. The minimum Gasteiger partial charge on any atom is -0.481 e. The number of ether oxygens (including phenoxy) is 1. The molecule has 1 atom stereocenters. The van der Waals surface area contributed by atoms with Crippen LogP contribution in [0.4, 0.5) is 8.78 Å². The van der Waals surface area contributed by atoms with Crippen molar-refractivity contribution in [2.45, 2.75) is 64.4 Å². The molecule has 0 aromatic heterocycles. The fourth-order valence-electron chi connectivity index (χ4n) is 2.48. The molecule has 6 heteroatoms. The van der Waals surface area contributed by atoms with Gasteiger partial charge in [-0.3, -0.25) is 9.59 Å². The average molecular weight is 292 g/mol. The third-order valence-corrected chi connectivity index (χ3v) is 3.45. The zero-order chi connectivity index (χ0) is 15.6. The number of carboxylic acid groups (broad SMARTS) is 1. The van der Waals surface area contributed by atoms with Gasteiger partial charge in [-0.1, -0.05) is 0 Å². The van der Waals surface area contributed by atoms with Crippen LogP contribution >= 0.6 is 0 Å². The smallest absolute Gasteiger partial charge is 0.307 e. The first-order valence-corrected chi connectivity index (χ1v) is 6.83. The Morgan fingerprint density at radius 1 is 1.30 bits per heavy atom. The number of carbonyl (C=O) groups excluding carboxylic acids is 1. The van der Waals surface area contributed by atoms with Crippen molar-refractivity contribution in [2.24, 2.45) is 11.8 Å². The van der Waals surface area contributed by atoms with E-state index in [2.05, 4.69) is 0 Å². The predicted molar refractivity (Wildman–Crippen MR) is 68.5 cm³/mol. The largest absolute Gasteiger partial charge is 0.481 e. The van der Waals surface area contributed by atoms with Gasteiger partial charge in [0.2, 0.25) is 5.92 Å². The van der Waals surface area contributed by atoms with Crippen LogP contribution in [0.15, 0.2) is 0 Å². The Bertz CT molecular complexity index is 364. The first kappa shape index (κ1) is 16.9. The molecule has 1 aliphatic carbocycles. The van der Waals surface area contributed by atoms with Gasteiger partial charge >= 0.3 is 11.9 Å². The molecular formula is C14H22F2O4. The number of carbonyl (C=O) groups is 2. The molecule has 1 fully saturated rings. The van der Waals surface area contributed by atoms with Crippen molar-refractivity contribution >= 4 is 11.9 Å². The number of hydrogen-bond acceptors (Lipinski definition) is 3. The molecule has 0 aliphatic heterocycles. The van der Waals surface area contributed by atoms with Crippen LogP contribution in [0.25, 0.3) is 0 Å². The third kappa shape index (κ3) is 5.43. The molecule has 1 saturated carbocycles. The summed E-state index contributed by atoms with van der Waals surface area (Å²) in [5.41, 5.74) is -0.681. The van der Waals surface area contributed by atoms with Crippen molar-refractivity contribution in [1.82, 2.24) is 0 Å². The summed E-state index contributed by atoms with van der Waals surface area (Å²) in [4.78, 5) is 23.0. The van der Waals surface area contributed by atoms with Gasteiger partial charge in [0.05, 0.1) is 12.3 Å². The lowest BCUT2D eigenvalue weighted by Gasteiger charge is -2.32. The van der Waals surface area contributed by atoms with Gasteiger partial charge in [-0.05, 0) is 39.5 Å². The van der Waals surface area contributed by atoms with Gasteiger partial charge in [-0.25, -0.2) is 8.78 Å². The summed E-state index contributed by atoms with van der Waals surface area (Å²) in [6.07, 6.45) is -0.617. The normalized spacial score (nSPS) is 21.2. The monoisotopic (exact) mass is 292 g/mol. The van der Waals surface area contributed by atoms with E-state index in [-0.39, 0.29) is 38.0 Å². The third-order valence-electron chi connectivity index (χ3n) is 3.45. The summed E-state index contributed by atoms with van der Waals surface area (Å²) < 4.78 is 31.3. The molecule has 0 spiro atoms. The van der Waals surface area contributed by atoms with Gasteiger partial charge in [-0.2, -0.15) is 0 Å². The fourth-order valence-corrected chi connectivity index (χ4v) is 2.48. The molecule has 0 aromatic carbocycles. The van der Waals surface area contributed by atoms with Crippen molar-refractivity contribution in [1.29, 1.82) is 0 Å². The molecular weight excluding hydrogens is 270 g/mol. The van der Waals surface area contributed by atoms with Crippen LogP contribution in [0.3, 0.4) is 0 Å². The van der Waals surface area contributed by atoms with Crippen LogP contribution in [-0.2, 0) is 14.3 Å². The number of esters is 1. The van der Waals surface area contributed by atoms with E-state index in [0.717, 1.165) is 0 Å².